The Hall–Kier alpha value is -2.33. The summed E-state index contributed by atoms with van der Waals surface area (Å²) in [6, 6.07) is 12.7. The van der Waals surface area contributed by atoms with Gasteiger partial charge in [-0.15, -0.1) is 0 Å². The zero-order valence-corrected chi connectivity index (χ0v) is 12.2. The van der Waals surface area contributed by atoms with Gasteiger partial charge in [0.25, 0.3) is 0 Å². The quantitative estimate of drug-likeness (QED) is 0.738. The highest BCUT2D eigenvalue weighted by molar-refractivity contribution is 6.30. The van der Waals surface area contributed by atoms with E-state index in [4.69, 9.17) is 11.6 Å². The van der Waals surface area contributed by atoms with Crippen LogP contribution >= 0.6 is 11.6 Å². The number of benzene rings is 2. The first-order chi connectivity index (χ1) is 10.2. The number of aromatic nitrogens is 2. The third kappa shape index (κ3) is 2.62. The topological polar surface area (TPSA) is 50.4 Å². The second kappa shape index (κ2) is 5.58. The summed E-state index contributed by atoms with van der Waals surface area (Å²) in [5.41, 5.74) is 2.52. The molecule has 0 saturated heterocycles. The first-order valence-corrected chi connectivity index (χ1v) is 7.04. The number of aliphatic imine (C=N–C) groups is 1. The SMILES string of the molecule is CCn1c(N=Cc2cc(Cl)ccc2O)nc2ccccc21. The van der Waals surface area contributed by atoms with Gasteiger partial charge in [0.15, 0.2) is 0 Å². The number of hydrogen-bond acceptors (Lipinski definition) is 3. The van der Waals surface area contributed by atoms with E-state index in [2.05, 4.69) is 9.98 Å². The standard InChI is InChI=1S/C16H14ClN3O/c1-2-20-14-6-4-3-5-13(14)19-16(20)18-10-11-9-12(17)7-8-15(11)21/h3-10,21H,2H2,1H3. The number of imidazole rings is 1. The van der Waals surface area contributed by atoms with Gasteiger partial charge in [-0.3, -0.25) is 0 Å². The third-order valence-electron chi connectivity index (χ3n) is 3.26. The molecule has 1 aromatic heterocycles. The fraction of sp³-hybridized carbons (Fsp3) is 0.125. The molecule has 4 nitrogen and oxygen atoms in total. The lowest BCUT2D eigenvalue weighted by Gasteiger charge is -2.02. The van der Waals surface area contributed by atoms with Crippen LogP contribution in [-0.2, 0) is 6.54 Å². The van der Waals surface area contributed by atoms with Gasteiger partial charge < -0.3 is 9.67 Å². The predicted octanol–water partition coefficient (Wildman–Crippen LogP) is 4.17. The molecule has 1 heterocycles. The second-order valence-electron chi connectivity index (χ2n) is 4.61. The summed E-state index contributed by atoms with van der Waals surface area (Å²) in [6.07, 6.45) is 1.58. The molecule has 5 heteroatoms. The largest absolute Gasteiger partial charge is 0.507 e. The van der Waals surface area contributed by atoms with Crippen LogP contribution < -0.4 is 0 Å². The number of halogens is 1. The summed E-state index contributed by atoms with van der Waals surface area (Å²) in [5.74, 6) is 0.750. The number of fused-ring (bicyclic) bond motifs is 1. The molecule has 0 atom stereocenters. The molecule has 0 bridgehead atoms. The van der Waals surface area contributed by atoms with Crippen LogP contribution in [0.3, 0.4) is 0 Å². The van der Waals surface area contributed by atoms with E-state index in [-0.39, 0.29) is 5.75 Å². The first kappa shape index (κ1) is 13.6. The summed E-state index contributed by atoms with van der Waals surface area (Å²) < 4.78 is 2.02. The molecule has 21 heavy (non-hydrogen) atoms. The molecule has 0 spiro atoms. The molecule has 3 aromatic rings. The normalized spacial score (nSPS) is 11.5. The van der Waals surface area contributed by atoms with Gasteiger partial charge in [-0.05, 0) is 37.3 Å². The number of phenols is 1. The van der Waals surface area contributed by atoms with Gasteiger partial charge in [0.05, 0.1) is 11.0 Å². The Balaban J connectivity index is 2.05. The summed E-state index contributed by atoms with van der Waals surface area (Å²) in [7, 11) is 0. The van der Waals surface area contributed by atoms with Crippen LogP contribution in [0.1, 0.15) is 12.5 Å². The number of aryl methyl sites for hydroxylation is 1. The summed E-state index contributed by atoms with van der Waals surface area (Å²) in [5, 5.41) is 10.4. The third-order valence-corrected chi connectivity index (χ3v) is 3.49. The zero-order chi connectivity index (χ0) is 14.8. The van der Waals surface area contributed by atoms with Gasteiger partial charge in [0.2, 0.25) is 5.95 Å². The average Bonchev–Trinajstić information content (AvgIpc) is 2.85. The maximum Gasteiger partial charge on any atom is 0.230 e. The molecule has 0 unspecified atom stereocenters. The Morgan fingerprint density at radius 3 is 2.90 bits per heavy atom. The molecule has 0 fully saturated rings. The molecular weight excluding hydrogens is 286 g/mol. The van der Waals surface area contributed by atoms with E-state index >= 15 is 0 Å². The van der Waals surface area contributed by atoms with Crippen molar-refractivity contribution in [2.75, 3.05) is 0 Å². The van der Waals surface area contributed by atoms with Gasteiger partial charge in [-0.1, -0.05) is 23.7 Å². The maximum atomic E-state index is 9.80. The molecule has 2 aromatic carbocycles. The van der Waals surface area contributed by atoms with E-state index in [1.807, 2.05) is 35.8 Å². The van der Waals surface area contributed by atoms with E-state index in [1.54, 1.807) is 24.4 Å². The van der Waals surface area contributed by atoms with E-state index < -0.39 is 0 Å². The fourth-order valence-electron chi connectivity index (χ4n) is 2.23. The zero-order valence-electron chi connectivity index (χ0n) is 11.5. The highest BCUT2D eigenvalue weighted by Gasteiger charge is 2.07. The Labute approximate surface area is 127 Å². The number of aromatic hydroxyl groups is 1. The van der Waals surface area contributed by atoms with Crippen LogP contribution in [0.5, 0.6) is 5.75 Å². The van der Waals surface area contributed by atoms with Gasteiger partial charge in [0, 0.05) is 23.3 Å². The Bertz CT molecular complexity index is 824. The minimum absolute atomic E-state index is 0.141. The van der Waals surface area contributed by atoms with Crippen LogP contribution in [0.15, 0.2) is 47.5 Å². The van der Waals surface area contributed by atoms with Crippen LogP contribution in [0.25, 0.3) is 11.0 Å². The highest BCUT2D eigenvalue weighted by Crippen LogP contribution is 2.23. The van der Waals surface area contributed by atoms with Crippen molar-refractivity contribution in [2.24, 2.45) is 4.99 Å². The van der Waals surface area contributed by atoms with E-state index in [0.29, 0.717) is 16.5 Å². The highest BCUT2D eigenvalue weighted by atomic mass is 35.5. The predicted molar refractivity (Wildman–Crippen MR) is 85.8 cm³/mol. The number of para-hydroxylation sites is 2. The second-order valence-corrected chi connectivity index (χ2v) is 5.04. The Kier molecular flexibility index (Phi) is 3.62. The van der Waals surface area contributed by atoms with Crippen molar-refractivity contribution in [3.8, 4) is 5.75 Å². The van der Waals surface area contributed by atoms with Gasteiger partial charge in [-0.25, -0.2) is 9.98 Å². The van der Waals surface area contributed by atoms with Crippen molar-refractivity contribution in [2.45, 2.75) is 13.5 Å². The van der Waals surface area contributed by atoms with Crippen molar-refractivity contribution in [1.29, 1.82) is 0 Å². The average molecular weight is 300 g/mol. The molecule has 106 valence electrons. The van der Waals surface area contributed by atoms with Crippen molar-refractivity contribution in [1.82, 2.24) is 9.55 Å². The smallest absolute Gasteiger partial charge is 0.230 e. The lowest BCUT2D eigenvalue weighted by Crippen LogP contribution is -1.93. The lowest BCUT2D eigenvalue weighted by molar-refractivity contribution is 0.474. The number of rotatable bonds is 3. The van der Waals surface area contributed by atoms with Crippen LogP contribution in [0, 0.1) is 0 Å². The molecular formula is C16H14ClN3O. The van der Waals surface area contributed by atoms with Crippen molar-refractivity contribution >= 4 is 34.8 Å². The minimum Gasteiger partial charge on any atom is -0.507 e. The molecule has 0 amide bonds. The monoisotopic (exact) mass is 299 g/mol. The molecule has 0 aliphatic rings. The Morgan fingerprint density at radius 2 is 2.10 bits per heavy atom. The number of hydrogen-bond donors (Lipinski definition) is 1. The van der Waals surface area contributed by atoms with Gasteiger partial charge >= 0.3 is 0 Å². The molecule has 3 rings (SSSR count). The molecule has 0 saturated carbocycles. The molecule has 0 radical (unpaired) electrons. The van der Waals surface area contributed by atoms with E-state index in [0.717, 1.165) is 17.6 Å². The summed E-state index contributed by atoms with van der Waals surface area (Å²) in [6.45, 7) is 2.82. The van der Waals surface area contributed by atoms with Gasteiger partial charge in [0.1, 0.15) is 5.75 Å². The van der Waals surface area contributed by atoms with Crippen molar-refractivity contribution < 1.29 is 5.11 Å². The molecule has 1 N–H and O–H groups in total. The van der Waals surface area contributed by atoms with Crippen molar-refractivity contribution in [3.63, 3.8) is 0 Å². The molecule has 0 aliphatic carbocycles. The summed E-state index contributed by atoms with van der Waals surface area (Å²) in [4.78, 5) is 8.90. The van der Waals surface area contributed by atoms with Crippen LogP contribution in [0.4, 0.5) is 5.95 Å². The minimum atomic E-state index is 0.141. The van der Waals surface area contributed by atoms with E-state index in [1.165, 1.54) is 0 Å². The van der Waals surface area contributed by atoms with Gasteiger partial charge in [-0.2, -0.15) is 0 Å². The fourth-order valence-corrected chi connectivity index (χ4v) is 2.41. The Morgan fingerprint density at radius 1 is 1.29 bits per heavy atom. The lowest BCUT2D eigenvalue weighted by atomic mass is 10.2. The summed E-state index contributed by atoms with van der Waals surface area (Å²) >= 11 is 5.93. The maximum absolute atomic E-state index is 9.80. The van der Waals surface area contributed by atoms with Crippen LogP contribution in [0.2, 0.25) is 5.02 Å². The van der Waals surface area contributed by atoms with Crippen molar-refractivity contribution in [3.05, 3.63) is 53.1 Å². The van der Waals surface area contributed by atoms with E-state index in [9.17, 15) is 5.11 Å². The first-order valence-electron chi connectivity index (χ1n) is 6.67. The van der Waals surface area contributed by atoms with Crippen LogP contribution in [-0.4, -0.2) is 20.9 Å². The number of nitrogens with zero attached hydrogens (tertiary/aromatic N) is 3. The number of phenolic OH excluding ortho intramolecular Hbond substituents is 1. The molecule has 0 aliphatic heterocycles.